The van der Waals surface area contributed by atoms with Crippen LogP contribution in [0.5, 0.6) is 5.75 Å². The number of benzene rings is 1. The largest absolute Gasteiger partial charge is 0.494 e. The van der Waals surface area contributed by atoms with Crippen molar-refractivity contribution in [1.82, 2.24) is 0 Å². The second kappa shape index (κ2) is 6.97. The van der Waals surface area contributed by atoms with Crippen molar-refractivity contribution in [2.75, 3.05) is 7.11 Å². The SMILES string of the molecule is COc1ccc(C2CCC(C3CCCCC3)CC2)c(F)c1F. The van der Waals surface area contributed by atoms with Gasteiger partial charge in [0, 0.05) is 0 Å². The molecule has 1 aromatic rings. The van der Waals surface area contributed by atoms with Gasteiger partial charge in [0.15, 0.2) is 11.6 Å². The minimum absolute atomic E-state index is 0.00265. The molecule has 0 heterocycles. The van der Waals surface area contributed by atoms with Gasteiger partial charge in [-0.3, -0.25) is 0 Å². The second-order valence-electron chi connectivity index (χ2n) is 6.99. The van der Waals surface area contributed by atoms with Gasteiger partial charge in [-0.05, 0) is 55.1 Å². The maximum atomic E-state index is 14.2. The van der Waals surface area contributed by atoms with Crippen LogP contribution in [0.4, 0.5) is 8.78 Å². The van der Waals surface area contributed by atoms with Crippen molar-refractivity contribution in [2.45, 2.75) is 63.7 Å². The lowest BCUT2D eigenvalue weighted by Crippen LogP contribution is -2.23. The summed E-state index contributed by atoms with van der Waals surface area (Å²) in [7, 11) is 1.37. The van der Waals surface area contributed by atoms with E-state index in [2.05, 4.69) is 0 Å². The Morgan fingerprint density at radius 1 is 0.818 bits per heavy atom. The number of methoxy groups -OCH3 is 1. The summed E-state index contributed by atoms with van der Waals surface area (Å²) in [6.07, 6.45) is 11.2. The Bertz CT molecular complexity index is 500. The maximum Gasteiger partial charge on any atom is 0.200 e. The van der Waals surface area contributed by atoms with Gasteiger partial charge in [-0.25, -0.2) is 4.39 Å². The zero-order valence-electron chi connectivity index (χ0n) is 13.4. The van der Waals surface area contributed by atoms with Gasteiger partial charge in [0.25, 0.3) is 0 Å². The molecule has 0 aromatic heterocycles. The Labute approximate surface area is 132 Å². The van der Waals surface area contributed by atoms with Crippen LogP contribution >= 0.6 is 0 Å². The highest BCUT2D eigenvalue weighted by molar-refractivity contribution is 5.33. The van der Waals surface area contributed by atoms with Gasteiger partial charge in [0.05, 0.1) is 7.11 Å². The third kappa shape index (κ3) is 3.13. The lowest BCUT2D eigenvalue weighted by atomic mass is 9.70. The van der Waals surface area contributed by atoms with Crippen molar-refractivity contribution in [3.63, 3.8) is 0 Å². The van der Waals surface area contributed by atoms with Gasteiger partial charge in [-0.1, -0.05) is 38.2 Å². The number of halogens is 2. The average molecular weight is 308 g/mol. The first-order valence-corrected chi connectivity index (χ1v) is 8.72. The fourth-order valence-electron chi connectivity index (χ4n) is 4.53. The Morgan fingerprint density at radius 3 is 2.09 bits per heavy atom. The zero-order valence-corrected chi connectivity index (χ0v) is 13.4. The molecule has 122 valence electrons. The van der Waals surface area contributed by atoms with Crippen molar-refractivity contribution in [3.05, 3.63) is 29.3 Å². The highest BCUT2D eigenvalue weighted by atomic mass is 19.2. The molecule has 2 aliphatic rings. The van der Waals surface area contributed by atoms with Crippen LogP contribution in [0.2, 0.25) is 0 Å². The smallest absolute Gasteiger partial charge is 0.200 e. The topological polar surface area (TPSA) is 9.23 Å². The van der Waals surface area contributed by atoms with Crippen LogP contribution in [0, 0.1) is 23.5 Å². The summed E-state index contributed by atoms with van der Waals surface area (Å²) in [6.45, 7) is 0. The molecule has 1 aromatic carbocycles. The van der Waals surface area contributed by atoms with Gasteiger partial charge in [-0.2, -0.15) is 4.39 Å². The molecule has 0 spiro atoms. The summed E-state index contributed by atoms with van der Waals surface area (Å²) < 4.78 is 33.0. The molecule has 2 aliphatic carbocycles. The zero-order chi connectivity index (χ0) is 15.5. The molecule has 0 atom stereocenters. The van der Waals surface area contributed by atoms with E-state index in [4.69, 9.17) is 4.74 Å². The van der Waals surface area contributed by atoms with E-state index < -0.39 is 11.6 Å². The Balaban J connectivity index is 1.65. The van der Waals surface area contributed by atoms with Gasteiger partial charge >= 0.3 is 0 Å². The normalized spacial score (nSPS) is 26.9. The Kier molecular flexibility index (Phi) is 5.00. The molecule has 0 amide bonds. The fourth-order valence-corrected chi connectivity index (χ4v) is 4.53. The maximum absolute atomic E-state index is 14.2. The summed E-state index contributed by atoms with van der Waals surface area (Å²) in [5, 5.41) is 0. The quantitative estimate of drug-likeness (QED) is 0.683. The van der Waals surface area contributed by atoms with E-state index in [1.54, 1.807) is 12.1 Å². The van der Waals surface area contributed by atoms with E-state index in [9.17, 15) is 8.78 Å². The lowest BCUT2D eigenvalue weighted by Gasteiger charge is -2.36. The van der Waals surface area contributed by atoms with E-state index in [0.29, 0.717) is 5.56 Å². The van der Waals surface area contributed by atoms with Gasteiger partial charge in [0.2, 0.25) is 5.82 Å². The van der Waals surface area contributed by atoms with Gasteiger partial charge < -0.3 is 4.74 Å². The van der Waals surface area contributed by atoms with Crippen molar-refractivity contribution >= 4 is 0 Å². The number of rotatable bonds is 3. The second-order valence-corrected chi connectivity index (χ2v) is 6.99. The molecule has 22 heavy (non-hydrogen) atoms. The summed E-state index contributed by atoms with van der Waals surface area (Å²) in [4.78, 5) is 0. The Hall–Kier alpha value is -1.12. The molecule has 3 heteroatoms. The molecule has 0 aliphatic heterocycles. The predicted molar refractivity (Wildman–Crippen MR) is 84.2 cm³/mol. The molecule has 1 nitrogen and oxygen atoms in total. The Morgan fingerprint density at radius 2 is 1.45 bits per heavy atom. The van der Waals surface area contributed by atoms with E-state index in [-0.39, 0.29) is 11.7 Å². The van der Waals surface area contributed by atoms with Crippen LogP contribution in [0.3, 0.4) is 0 Å². The van der Waals surface area contributed by atoms with Crippen molar-refractivity contribution < 1.29 is 13.5 Å². The summed E-state index contributed by atoms with van der Waals surface area (Å²) >= 11 is 0. The highest BCUT2D eigenvalue weighted by Gasteiger charge is 2.30. The molecule has 3 rings (SSSR count). The molecular formula is C19H26F2O. The van der Waals surface area contributed by atoms with Crippen molar-refractivity contribution in [1.29, 1.82) is 0 Å². The summed E-state index contributed by atoms with van der Waals surface area (Å²) in [6, 6.07) is 3.27. The minimum atomic E-state index is -0.839. The number of ether oxygens (including phenoxy) is 1. The molecule has 0 bridgehead atoms. The molecule has 0 saturated heterocycles. The summed E-state index contributed by atoms with van der Waals surface area (Å²) in [5.74, 6) is 0.308. The van der Waals surface area contributed by atoms with Crippen molar-refractivity contribution in [2.24, 2.45) is 11.8 Å². The molecule has 2 fully saturated rings. The standard InChI is InChI=1S/C19H26F2O/c1-22-17-12-11-16(18(20)19(17)21)15-9-7-14(8-10-15)13-5-3-2-4-6-13/h11-15H,2-10H2,1H3. The number of hydrogen-bond acceptors (Lipinski definition) is 1. The third-order valence-electron chi connectivity index (χ3n) is 5.82. The summed E-state index contributed by atoms with van der Waals surface area (Å²) in [5.41, 5.74) is 0.542. The van der Waals surface area contributed by atoms with Crippen LogP contribution in [0.1, 0.15) is 69.3 Å². The fraction of sp³-hybridized carbons (Fsp3) is 0.684. The third-order valence-corrected chi connectivity index (χ3v) is 5.82. The van der Waals surface area contributed by atoms with Crippen molar-refractivity contribution in [3.8, 4) is 5.75 Å². The van der Waals surface area contributed by atoms with Crippen LogP contribution in [0.15, 0.2) is 12.1 Å². The predicted octanol–water partition coefficient (Wildman–Crippen LogP) is 5.83. The first-order valence-electron chi connectivity index (χ1n) is 8.72. The highest BCUT2D eigenvalue weighted by Crippen LogP contribution is 2.44. The lowest BCUT2D eigenvalue weighted by molar-refractivity contribution is 0.184. The molecule has 0 N–H and O–H groups in total. The molecule has 0 radical (unpaired) electrons. The number of hydrogen-bond donors (Lipinski definition) is 0. The van der Waals surface area contributed by atoms with Crippen LogP contribution < -0.4 is 4.74 Å². The average Bonchev–Trinajstić information content (AvgIpc) is 2.58. The van der Waals surface area contributed by atoms with E-state index in [0.717, 1.165) is 24.7 Å². The molecule has 2 saturated carbocycles. The van der Waals surface area contributed by atoms with Crippen LogP contribution in [-0.4, -0.2) is 7.11 Å². The first-order chi connectivity index (χ1) is 10.7. The van der Waals surface area contributed by atoms with Crippen LogP contribution in [-0.2, 0) is 0 Å². The first kappa shape index (κ1) is 15.8. The monoisotopic (exact) mass is 308 g/mol. The molecular weight excluding hydrogens is 282 g/mol. The van der Waals surface area contributed by atoms with Crippen LogP contribution in [0.25, 0.3) is 0 Å². The van der Waals surface area contributed by atoms with E-state index in [1.807, 2.05) is 0 Å². The van der Waals surface area contributed by atoms with Gasteiger partial charge in [-0.15, -0.1) is 0 Å². The molecule has 0 unspecified atom stereocenters. The van der Waals surface area contributed by atoms with E-state index in [1.165, 1.54) is 52.1 Å². The van der Waals surface area contributed by atoms with E-state index >= 15 is 0 Å². The minimum Gasteiger partial charge on any atom is -0.494 e. The van der Waals surface area contributed by atoms with Gasteiger partial charge in [0.1, 0.15) is 0 Å².